The van der Waals surface area contributed by atoms with Crippen LogP contribution in [0.1, 0.15) is 11.1 Å². The number of hydrogen-bond donors (Lipinski definition) is 1. The zero-order valence-electron chi connectivity index (χ0n) is 6.82. The number of rotatable bonds is 1. The van der Waals surface area contributed by atoms with Gasteiger partial charge in [0.05, 0.1) is 11.3 Å². The molecule has 0 amide bonds. The van der Waals surface area contributed by atoms with Crippen molar-refractivity contribution in [2.75, 3.05) is 0 Å². The first-order valence-electron chi connectivity index (χ1n) is 3.83. The van der Waals surface area contributed by atoms with Crippen LogP contribution in [0.25, 0.3) is 5.70 Å². The van der Waals surface area contributed by atoms with E-state index in [0.717, 1.165) is 6.07 Å². The molecule has 0 spiro atoms. The minimum atomic E-state index is -4.64. The maximum atomic E-state index is 13.3. The smallest absolute Gasteiger partial charge is 0.358 e. The fourth-order valence-electron chi connectivity index (χ4n) is 1.15. The van der Waals surface area contributed by atoms with Gasteiger partial charge in [-0.2, -0.15) is 13.2 Å². The number of nitrogens with one attached hydrogen (secondary N) is 1. The van der Waals surface area contributed by atoms with Gasteiger partial charge in [-0.15, -0.1) is 0 Å². The molecule has 1 heterocycles. The van der Waals surface area contributed by atoms with Crippen molar-refractivity contribution in [1.29, 1.82) is 0 Å². The minimum Gasteiger partial charge on any atom is -0.358 e. The van der Waals surface area contributed by atoms with E-state index in [-0.39, 0.29) is 5.56 Å². The molecule has 0 unspecified atom stereocenters. The van der Waals surface area contributed by atoms with E-state index in [0.29, 0.717) is 5.70 Å². The van der Waals surface area contributed by atoms with Gasteiger partial charge in [0.25, 0.3) is 0 Å². The minimum absolute atomic E-state index is 0.0418. The lowest BCUT2D eigenvalue weighted by atomic mass is 10.1. The predicted octanol–water partition coefficient (Wildman–Crippen LogP) is 2.75. The molecule has 2 rings (SSSR count). The second-order valence-corrected chi connectivity index (χ2v) is 2.87. The monoisotopic (exact) mass is 203 g/mol. The van der Waals surface area contributed by atoms with Crippen molar-refractivity contribution in [3.05, 3.63) is 41.3 Å². The summed E-state index contributed by atoms with van der Waals surface area (Å²) in [6.45, 7) is 0. The molecule has 1 N–H and O–H groups in total. The molecule has 14 heavy (non-hydrogen) atoms. The average Bonchev–Trinajstić information content (AvgIpc) is 2.85. The van der Waals surface area contributed by atoms with Gasteiger partial charge in [0.2, 0.25) is 0 Å². The second-order valence-electron chi connectivity index (χ2n) is 2.87. The van der Waals surface area contributed by atoms with Gasteiger partial charge >= 0.3 is 6.18 Å². The average molecular weight is 203 g/mol. The third-order valence-electron chi connectivity index (χ3n) is 1.88. The van der Waals surface area contributed by atoms with Crippen LogP contribution in [-0.2, 0) is 6.18 Å². The standard InChI is InChI=1S/C9H5F4N/c10-8-5(7-4-14-7)2-1-3-6(8)9(11,12)13/h1-4,14H. The van der Waals surface area contributed by atoms with Crippen LogP contribution >= 0.6 is 0 Å². The Bertz CT molecular complexity index is 406. The maximum absolute atomic E-state index is 13.3. The van der Waals surface area contributed by atoms with Gasteiger partial charge in [0.15, 0.2) is 0 Å². The third kappa shape index (κ3) is 1.45. The molecule has 0 atom stereocenters. The van der Waals surface area contributed by atoms with Crippen LogP contribution in [-0.4, -0.2) is 0 Å². The fraction of sp³-hybridized carbons (Fsp3) is 0.111. The van der Waals surface area contributed by atoms with E-state index in [9.17, 15) is 17.6 Å². The van der Waals surface area contributed by atoms with E-state index in [4.69, 9.17) is 0 Å². The van der Waals surface area contributed by atoms with Gasteiger partial charge in [-0.05, 0) is 12.1 Å². The Morgan fingerprint density at radius 3 is 2.29 bits per heavy atom. The zero-order chi connectivity index (χ0) is 10.3. The molecule has 1 aliphatic rings. The summed E-state index contributed by atoms with van der Waals surface area (Å²) in [5, 5.41) is 2.55. The molecule has 0 fully saturated rings. The molecule has 1 aromatic rings. The summed E-state index contributed by atoms with van der Waals surface area (Å²) in [4.78, 5) is 0. The molecule has 1 aliphatic heterocycles. The lowest BCUT2D eigenvalue weighted by molar-refractivity contribution is -0.140. The van der Waals surface area contributed by atoms with E-state index < -0.39 is 17.6 Å². The highest BCUT2D eigenvalue weighted by atomic mass is 19.4. The number of halogens is 4. The van der Waals surface area contributed by atoms with Crippen molar-refractivity contribution >= 4 is 5.70 Å². The molecular formula is C9H5F4N. The van der Waals surface area contributed by atoms with E-state index >= 15 is 0 Å². The molecular weight excluding hydrogens is 198 g/mol. The highest BCUT2D eigenvalue weighted by Crippen LogP contribution is 2.34. The van der Waals surface area contributed by atoms with E-state index in [1.807, 2.05) is 0 Å². The molecule has 74 valence electrons. The molecule has 0 bridgehead atoms. The van der Waals surface area contributed by atoms with Crippen molar-refractivity contribution in [2.24, 2.45) is 0 Å². The number of hydrogen-bond acceptors (Lipinski definition) is 1. The van der Waals surface area contributed by atoms with Gasteiger partial charge in [0.1, 0.15) is 5.82 Å². The van der Waals surface area contributed by atoms with E-state index in [1.165, 1.54) is 18.3 Å². The Morgan fingerprint density at radius 2 is 1.79 bits per heavy atom. The van der Waals surface area contributed by atoms with Crippen molar-refractivity contribution in [1.82, 2.24) is 5.32 Å². The summed E-state index contributed by atoms with van der Waals surface area (Å²) < 4.78 is 50.0. The number of benzene rings is 1. The van der Waals surface area contributed by atoms with Crippen molar-refractivity contribution < 1.29 is 17.6 Å². The quantitative estimate of drug-likeness (QED) is 0.696. The lowest BCUT2D eigenvalue weighted by Crippen LogP contribution is -2.09. The Labute approximate surface area is 77.0 Å². The van der Waals surface area contributed by atoms with Crippen molar-refractivity contribution in [2.45, 2.75) is 6.18 Å². The summed E-state index contributed by atoms with van der Waals surface area (Å²) in [5.41, 5.74) is -0.877. The maximum Gasteiger partial charge on any atom is 0.419 e. The normalized spacial score (nSPS) is 14.7. The van der Waals surface area contributed by atoms with Gasteiger partial charge in [0, 0.05) is 11.8 Å². The van der Waals surface area contributed by atoms with Crippen LogP contribution < -0.4 is 5.32 Å². The van der Waals surface area contributed by atoms with Gasteiger partial charge in [-0.25, -0.2) is 4.39 Å². The first-order valence-corrected chi connectivity index (χ1v) is 3.83. The Hall–Kier alpha value is -1.52. The Morgan fingerprint density at radius 1 is 1.14 bits per heavy atom. The third-order valence-corrected chi connectivity index (χ3v) is 1.88. The lowest BCUT2D eigenvalue weighted by Gasteiger charge is -2.09. The molecule has 1 aromatic carbocycles. The zero-order valence-corrected chi connectivity index (χ0v) is 6.82. The van der Waals surface area contributed by atoms with E-state index in [2.05, 4.69) is 5.32 Å². The molecule has 1 nitrogen and oxygen atoms in total. The van der Waals surface area contributed by atoms with Crippen LogP contribution in [0.3, 0.4) is 0 Å². The van der Waals surface area contributed by atoms with Gasteiger partial charge < -0.3 is 5.32 Å². The van der Waals surface area contributed by atoms with Crippen LogP contribution in [0.15, 0.2) is 24.4 Å². The summed E-state index contributed by atoms with van der Waals surface area (Å²) >= 11 is 0. The second kappa shape index (κ2) is 2.73. The molecule has 0 saturated carbocycles. The number of alkyl halides is 3. The fourth-order valence-corrected chi connectivity index (χ4v) is 1.15. The predicted molar refractivity (Wildman–Crippen MR) is 42.5 cm³/mol. The first kappa shape index (κ1) is 9.05. The van der Waals surface area contributed by atoms with Crippen LogP contribution in [0, 0.1) is 5.82 Å². The van der Waals surface area contributed by atoms with Crippen LogP contribution in [0.5, 0.6) is 0 Å². The Balaban J connectivity index is 2.52. The highest BCUT2D eigenvalue weighted by molar-refractivity contribution is 5.74. The van der Waals surface area contributed by atoms with Crippen LogP contribution in [0.4, 0.5) is 17.6 Å². The molecule has 0 saturated heterocycles. The first-order chi connectivity index (χ1) is 6.50. The molecule has 0 radical (unpaired) electrons. The van der Waals surface area contributed by atoms with Crippen molar-refractivity contribution in [3.63, 3.8) is 0 Å². The summed E-state index contributed by atoms with van der Waals surface area (Å²) in [6.07, 6.45) is -3.20. The molecule has 0 aromatic heterocycles. The largest absolute Gasteiger partial charge is 0.419 e. The SMILES string of the molecule is Fc1c(C2=CN2)cccc1C(F)(F)F. The van der Waals surface area contributed by atoms with Crippen LogP contribution in [0.2, 0.25) is 0 Å². The Kier molecular flexibility index (Phi) is 1.77. The molecule has 5 heteroatoms. The van der Waals surface area contributed by atoms with Gasteiger partial charge in [-0.1, -0.05) is 6.07 Å². The topological polar surface area (TPSA) is 21.9 Å². The summed E-state index contributed by atoms with van der Waals surface area (Å²) in [7, 11) is 0. The highest BCUT2D eigenvalue weighted by Gasteiger charge is 2.35. The summed E-state index contributed by atoms with van der Waals surface area (Å²) in [6, 6.07) is 3.21. The summed E-state index contributed by atoms with van der Waals surface area (Å²) in [5.74, 6) is -1.23. The van der Waals surface area contributed by atoms with Crippen molar-refractivity contribution in [3.8, 4) is 0 Å². The molecule has 0 aliphatic carbocycles. The van der Waals surface area contributed by atoms with Gasteiger partial charge in [-0.3, -0.25) is 0 Å². The van der Waals surface area contributed by atoms with E-state index in [1.54, 1.807) is 0 Å².